The summed E-state index contributed by atoms with van der Waals surface area (Å²) in [6.07, 6.45) is 7.32. The van der Waals surface area contributed by atoms with Gasteiger partial charge in [-0.25, -0.2) is 18.4 Å². The quantitative estimate of drug-likeness (QED) is 0.390. The molecule has 158 valence electrons. The maximum Gasteiger partial charge on any atom is 0.233 e. The summed E-state index contributed by atoms with van der Waals surface area (Å²) in [7, 11) is -2.30. The molecule has 4 aromatic rings. The molecule has 31 heavy (non-hydrogen) atoms. The average molecular weight is 456 g/mol. The average Bonchev–Trinajstić information content (AvgIpc) is 3.25. The fraction of sp³-hybridized carbons (Fsp3) is 0.136. The number of rotatable bonds is 7. The fourth-order valence-electron chi connectivity index (χ4n) is 3.14. The number of hydrogen-bond donors (Lipinski definition) is 0. The van der Waals surface area contributed by atoms with Gasteiger partial charge < -0.3 is 4.74 Å². The van der Waals surface area contributed by atoms with Gasteiger partial charge in [-0.3, -0.25) is 9.20 Å². The van der Waals surface area contributed by atoms with Gasteiger partial charge in [0.05, 0.1) is 22.5 Å². The van der Waals surface area contributed by atoms with Gasteiger partial charge in [0.25, 0.3) is 0 Å². The van der Waals surface area contributed by atoms with E-state index >= 15 is 0 Å². The Hall–Kier alpha value is -3.23. The summed E-state index contributed by atoms with van der Waals surface area (Å²) in [4.78, 5) is 20.9. The smallest absolute Gasteiger partial charge is 0.233 e. The van der Waals surface area contributed by atoms with Gasteiger partial charge in [-0.1, -0.05) is 23.7 Å². The lowest BCUT2D eigenvalue weighted by Gasteiger charge is -2.09. The number of sulfone groups is 1. The molecular weight excluding hydrogens is 438 g/mol. The Morgan fingerprint density at radius 3 is 2.61 bits per heavy atom. The molecule has 0 aliphatic heterocycles. The molecule has 2 aromatic carbocycles. The van der Waals surface area contributed by atoms with E-state index in [-0.39, 0.29) is 27.0 Å². The first-order chi connectivity index (χ1) is 14.9. The SMILES string of the molecule is COc1cc(Cl)cc(S(=O)(=O)c2ccc(CCC(=O)c3cnc4nccn4c3)cc2)c1. The first-order valence-corrected chi connectivity index (χ1v) is 11.2. The van der Waals surface area contributed by atoms with Crippen LogP contribution in [0, 0.1) is 0 Å². The van der Waals surface area contributed by atoms with Gasteiger partial charge in [0.2, 0.25) is 15.6 Å². The zero-order chi connectivity index (χ0) is 22.0. The topological polar surface area (TPSA) is 90.6 Å². The lowest BCUT2D eigenvalue weighted by atomic mass is 10.0. The van der Waals surface area contributed by atoms with Gasteiger partial charge in [-0.15, -0.1) is 0 Å². The highest BCUT2D eigenvalue weighted by atomic mass is 35.5. The number of nitrogens with zero attached hydrogens (tertiary/aromatic N) is 3. The Morgan fingerprint density at radius 2 is 1.87 bits per heavy atom. The van der Waals surface area contributed by atoms with Gasteiger partial charge in [-0.05, 0) is 42.3 Å². The van der Waals surface area contributed by atoms with Crippen LogP contribution in [0.25, 0.3) is 5.78 Å². The minimum atomic E-state index is -3.75. The van der Waals surface area contributed by atoms with Gasteiger partial charge in [-0.2, -0.15) is 0 Å². The van der Waals surface area contributed by atoms with Crippen molar-refractivity contribution in [1.82, 2.24) is 14.4 Å². The number of halogens is 1. The second-order valence-electron chi connectivity index (χ2n) is 6.87. The maximum atomic E-state index is 12.9. The van der Waals surface area contributed by atoms with Crippen molar-refractivity contribution in [1.29, 1.82) is 0 Å². The van der Waals surface area contributed by atoms with Crippen molar-refractivity contribution in [3.63, 3.8) is 0 Å². The van der Waals surface area contributed by atoms with Crippen molar-refractivity contribution in [2.75, 3.05) is 7.11 Å². The van der Waals surface area contributed by atoms with Crippen molar-refractivity contribution < 1.29 is 17.9 Å². The number of aryl methyl sites for hydroxylation is 1. The first-order valence-electron chi connectivity index (χ1n) is 9.37. The van der Waals surface area contributed by atoms with Crippen molar-refractivity contribution in [2.45, 2.75) is 22.6 Å². The molecule has 0 spiro atoms. The highest BCUT2D eigenvalue weighted by Crippen LogP contribution is 2.28. The van der Waals surface area contributed by atoms with Crippen LogP contribution < -0.4 is 4.74 Å². The molecule has 0 aliphatic carbocycles. The van der Waals surface area contributed by atoms with Gasteiger partial charge in [0, 0.05) is 36.2 Å². The molecular formula is C22H18ClN3O4S. The highest BCUT2D eigenvalue weighted by molar-refractivity contribution is 7.91. The fourth-order valence-corrected chi connectivity index (χ4v) is 4.75. The molecule has 0 saturated carbocycles. The number of ether oxygens (including phenoxy) is 1. The van der Waals surface area contributed by atoms with Crippen molar-refractivity contribution in [3.8, 4) is 5.75 Å². The summed E-state index contributed by atoms with van der Waals surface area (Å²) in [5.74, 6) is 0.848. The third-order valence-electron chi connectivity index (χ3n) is 4.83. The minimum Gasteiger partial charge on any atom is -0.497 e. The van der Waals surface area contributed by atoms with E-state index in [0.29, 0.717) is 23.5 Å². The van der Waals surface area contributed by atoms with E-state index in [1.165, 1.54) is 37.6 Å². The zero-order valence-corrected chi connectivity index (χ0v) is 18.1. The van der Waals surface area contributed by atoms with Crippen LogP contribution in [0.4, 0.5) is 0 Å². The van der Waals surface area contributed by atoms with Crippen LogP contribution in [-0.2, 0) is 16.3 Å². The van der Waals surface area contributed by atoms with Gasteiger partial charge in [0.15, 0.2) is 5.78 Å². The number of carbonyl (C=O) groups is 1. The second-order valence-corrected chi connectivity index (χ2v) is 9.26. The molecule has 0 atom stereocenters. The van der Waals surface area contributed by atoms with E-state index in [1.54, 1.807) is 41.2 Å². The Labute approximate surface area is 184 Å². The van der Waals surface area contributed by atoms with Crippen LogP contribution in [0.2, 0.25) is 5.02 Å². The molecule has 2 aromatic heterocycles. The Bertz CT molecular complexity index is 1370. The van der Waals surface area contributed by atoms with Crippen LogP contribution >= 0.6 is 11.6 Å². The largest absolute Gasteiger partial charge is 0.497 e. The molecule has 0 saturated heterocycles. The summed E-state index contributed by atoms with van der Waals surface area (Å²) in [5, 5.41) is 0.274. The number of hydrogen-bond acceptors (Lipinski definition) is 6. The lowest BCUT2D eigenvalue weighted by Crippen LogP contribution is -2.05. The van der Waals surface area contributed by atoms with Crippen LogP contribution in [0.1, 0.15) is 22.3 Å². The predicted octanol–water partition coefficient (Wildman–Crippen LogP) is 4.04. The van der Waals surface area contributed by atoms with Crippen molar-refractivity contribution in [3.05, 3.63) is 83.4 Å². The number of aromatic nitrogens is 3. The van der Waals surface area contributed by atoms with E-state index in [9.17, 15) is 13.2 Å². The van der Waals surface area contributed by atoms with Crippen LogP contribution in [0.3, 0.4) is 0 Å². The minimum absolute atomic E-state index is 0.0502. The molecule has 0 bridgehead atoms. The Balaban J connectivity index is 1.47. The number of imidazole rings is 1. The van der Waals surface area contributed by atoms with E-state index in [4.69, 9.17) is 16.3 Å². The van der Waals surface area contributed by atoms with Crippen molar-refractivity contribution in [2.24, 2.45) is 0 Å². The van der Waals surface area contributed by atoms with Crippen LogP contribution in [0.5, 0.6) is 5.75 Å². The summed E-state index contributed by atoms with van der Waals surface area (Å²) in [6, 6.07) is 10.8. The highest BCUT2D eigenvalue weighted by Gasteiger charge is 2.19. The molecule has 0 amide bonds. The number of ketones is 1. The molecule has 9 heteroatoms. The van der Waals surface area contributed by atoms with Crippen LogP contribution in [-0.4, -0.2) is 35.7 Å². The summed E-state index contributed by atoms with van der Waals surface area (Å²) in [5.41, 5.74) is 1.35. The maximum absolute atomic E-state index is 12.9. The second kappa shape index (κ2) is 8.49. The molecule has 2 heterocycles. The standard InChI is InChI=1S/C22H18ClN3O4S/c1-30-18-10-17(23)11-20(12-18)31(28,29)19-5-2-15(3-6-19)4-7-21(27)16-13-25-22-24-8-9-26(22)14-16/h2-3,5-6,8-14H,4,7H2,1H3. The number of benzene rings is 2. The predicted molar refractivity (Wildman–Crippen MR) is 116 cm³/mol. The Morgan fingerprint density at radius 1 is 1.10 bits per heavy atom. The molecule has 0 radical (unpaired) electrons. The number of methoxy groups -OCH3 is 1. The Kier molecular flexibility index (Phi) is 5.75. The third kappa shape index (κ3) is 4.45. The molecule has 0 N–H and O–H groups in total. The van der Waals surface area contributed by atoms with E-state index in [1.807, 2.05) is 0 Å². The zero-order valence-electron chi connectivity index (χ0n) is 16.5. The number of Topliss-reactive ketones (excluding diaryl/α,β-unsaturated/α-hetero) is 1. The number of fused-ring (bicyclic) bond motifs is 1. The monoisotopic (exact) mass is 455 g/mol. The first kappa shape index (κ1) is 21.0. The summed E-state index contributed by atoms with van der Waals surface area (Å²) in [6.45, 7) is 0. The van der Waals surface area contributed by atoms with E-state index < -0.39 is 9.84 Å². The lowest BCUT2D eigenvalue weighted by molar-refractivity contribution is 0.0982. The van der Waals surface area contributed by atoms with Gasteiger partial charge in [0.1, 0.15) is 5.75 Å². The van der Waals surface area contributed by atoms with E-state index in [0.717, 1.165) is 5.56 Å². The summed E-state index contributed by atoms with van der Waals surface area (Å²) >= 11 is 6.01. The normalized spacial score (nSPS) is 11.5. The molecule has 0 aliphatic rings. The van der Waals surface area contributed by atoms with Crippen LogP contribution in [0.15, 0.2) is 77.0 Å². The molecule has 4 rings (SSSR count). The molecule has 0 fully saturated rings. The van der Waals surface area contributed by atoms with E-state index in [2.05, 4.69) is 9.97 Å². The molecule has 0 unspecified atom stereocenters. The third-order valence-corrected chi connectivity index (χ3v) is 6.80. The number of carbonyl (C=O) groups excluding carboxylic acids is 1. The van der Waals surface area contributed by atoms with Crippen molar-refractivity contribution >= 4 is 33.0 Å². The van der Waals surface area contributed by atoms with Gasteiger partial charge >= 0.3 is 0 Å². The summed E-state index contributed by atoms with van der Waals surface area (Å²) < 4.78 is 32.6. The molecule has 7 nitrogen and oxygen atoms in total.